The maximum atomic E-state index is 13.3. The van der Waals surface area contributed by atoms with E-state index in [4.69, 9.17) is 4.42 Å². The zero-order chi connectivity index (χ0) is 18.9. The molecule has 28 heavy (non-hydrogen) atoms. The van der Waals surface area contributed by atoms with E-state index in [-0.39, 0.29) is 0 Å². The third kappa shape index (κ3) is 3.43. The smallest absolute Gasteiger partial charge is 0.226 e. The Morgan fingerprint density at radius 3 is 2.75 bits per heavy atom. The lowest BCUT2D eigenvalue weighted by molar-refractivity contribution is 0.280. The summed E-state index contributed by atoms with van der Waals surface area (Å²) in [5.74, 6) is 0.602. The first-order valence-electron chi connectivity index (χ1n) is 9.54. The molecule has 4 aromatic rings. The SMILES string of the molecule is F[C@@H]1CCN(Cc2coc(-c3ccc(Cn4cnc5ccccc54)cc3)n2)C1. The second-order valence-electron chi connectivity index (χ2n) is 7.32. The highest BCUT2D eigenvalue weighted by Gasteiger charge is 2.22. The van der Waals surface area contributed by atoms with Gasteiger partial charge in [0.15, 0.2) is 0 Å². The van der Waals surface area contributed by atoms with Gasteiger partial charge in [-0.15, -0.1) is 0 Å². The summed E-state index contributed by atoms with van der Waals surface area (Å²) in [7, 11) is 0. The lowest BCUT2D eigenvalue weighted by Crippen LogP contribution is -2.20. The lowest BCUT2D eigenvalue weighted by atomic mass is 10.1. The molecular formula is C22H21FN4O. The third-order valence-electron chi connectivity index (χ3n) is 5.23. The van der Waals surface area contributed by atoms with E-state index in [1.807, 2.05) is 36.7 Å². The number of fused-ring (bicyclic) bond motifs is 1. The number of para-hydroxylation sites is 2. The second-order valence-corrected chi connectivity index (χ2v) is 7.32. The predicted octanol–water partition coefficient (Wildman–Crippen LogP) is 4.28. The molecule has 0 radical (unpaired) electrons. The summed E-state index contributed by atoms with van der Waals surface area (Å²) in [5, 5.41) is 0. The Bertz CT molecular complexity index is 1090. The lowest BCUT2D eigenvalue weighted by Gasteiger charge is -2.11. The first-order valence-corrected chi connectivity index (χ1v) is 9.54. The molecule has 5 nitrogen and oxygen atoms in total. The number of halogens is 1. The van der Waals surface area contributed by atoms with Crippen molar-refractivity contribution in [2.45, 2.75) is 25.7 Å². The van der Waals surface area contributed by atoms with Crippen molar-refractivity contribution in [3.8, 4) is 11.5 Å². The average Bonchev–Trinajstić information content (AvgIpc) is 3.44. The van der Waals surface area contributed by atoms with Gasteiger partial charge in [0.1, 0.15) is 12.4 Å². The molecule has 0 spiro atoms. The molecule has 0 saturated carbocycles. The van der Waals surface area contributed by atoms with Crippen LogP contribution in [0.3, 0.4) is 0 Å². The number of likely N-dealkylation sites (tertiary alicyclic amines) is 1. The van der Waals surface area contributed by atoms with Gasteiger partial charge in [0, 0.05) is 31.7 Å². The number of hydrogen-bond acceptors (Lipinski definition) is 4. The normalized spacial score (nSPS) is 17.5. The maximum Gasteiger partial charge on any atom is 0.226 e. The highest BCUT2D eigenvalue weighted by molar-refractivity contribution is 5.75. The fourth-order valence-corrected chi connectivity index (χ4v) is 3.76. The zero-order valence-corrected chi connectivity index (χ0v) is 15.5. The number of aromatic nitrogens is 3. The number of hydrogen-bond donors (Lipinski definition) is 0. The van der Waals surface area contributed by atoms with Crippen LogP contribution in [0.2, 0.25) is 0 Å². The first-order chi connectivity index (χ1) is 13.7. The van der Waals surface area contributed by atoms with E-state index in [1.54, 1.807) is 6.26 Å². The van der Waals surface area contributed by atoms with Crippen LogP contribution in [0.5, 0.6) is 0 Å². The van der Waals surface area contributed by atoms with E-state index >= 15 is 0 Å². The van der Waals surface area contributed by atoms with Gasteiger partial charge in [-0.2, -0.15) is 0 Å². The summed E-state index contributed by atoms with van der Waals surface area (Å²) >= 11 is 0. The van der Waals surface area contributed by atoms with Crippen molar-refractivity contribution in [1.82, 2.24) is 19.4 Å². The highest BCUT2D eigenvalue weighted by Crippen LogP contribution is 2.22. The summed E-state index contributed by atoms with van der Waals surface area (Å²) in [5.41, 5.74) is 5.10. The molecule has 0 unspecified atom stereocenters. The van der Waals surface area contributed by atoms with Gasteiger partial charge in [0.25, 0.3) is 0 Å². The summed E-state index contributed by atoms with van der Waals surface area (Å²) < 4.78 is 21.1. The van der Waals surface area contributed by atoms with Gasteiger partial charge in [0.2, 0.25) is 5.89 Å². The monoisotopic (exact) mass is 376 g/mol. The maximum absolute atomic E-state index is 13.3. The van der Waals surface area contributed by atoms with E-state index < -0.39 is 6.17 Å². The minimum absolute atomic E-state index is 0.486. The van der Waals surface area contributed by atoms with Crippen molar-refractivity contribution < 1.29 is 8.81 Å². The standard InChI is InChI=1S/C22H21FN4O/c23-18-9-10-26(12-18)13-19-14-28-22(25-19)17-7-5-16(6-8-17)11-27-15-24-20-3-1-2-4-21(20)27/h1-8,14-15,18H,9-13H2/t18-/m1/s1. The molecule has 1 fully saturated rings. The molecule has 142 valence electrons. The zero-order valence-electron chi connectivity index (χ0n) is 15.5. The van der Waals surface area contributed by atoms with Crippen molar-refractivity contribution in [1.29, 1.82) is 0 Å². The number of benzene rings is 2. The molecule has 1 saturated heterocycles. The fraction of sp³-hybridized carbons (Fsp3) is 0.273. The molecule has 2 aromatic carbocycles. The van der Waals surface area contributed by atoms with Crippen LogP contribution in [0, 0.1) is 0 Å². The van der Waals surface area contributed by atoms with E-state index in [2.05, 4.69) is 37.6 Å². The average molecular weight is 376 g/mol. The highest BCUT2D eigenvalue weighted by atomic mass is 19.1. The van der Waals surface area contributed by atoms with Crippen LogP contribution in [-0.4, -0.2) is 38.7 Å². The van der Waals surface area contributed by atoms with Crippen molar-refractivity contribution in [2.75, 3.05) is 13.1 Å². The minimum Gasteiger partial charge on any atom is -0.444 e. The van der Waals surface area contributed by atoms with Crippen molar-refractivity contribution in [3.05, 3.63) is 72.4 Å². The Labute approximate surface area is 162 Å². The van der Waals surface area contributed by atoms with Crippen LogP contribution >= 0.6 is 0 Å². The molecule has 3 heterocycles. The third-order valence-corrected chi connectivity index (χ3v) is 5.23. The van der Waals surface area contributed by atoms with Crippen molar-refractivity contribution in [2.24, 2.45) is 0 Å². The molecule has 0 amide bonds. The van der Waals surface area contributed by atoms with E-state index in [0.717, 1.165) is 35.4 Å². The quantitative estimate of drug-likeness (QED) is 0.521. The molecule has 6 heteroatoms. The first kappa shape index (κ1) is 17.1. The topological polar surface area (TPSA) is 47.1 Å². The molecule has 1 atom stereocenters. The van der Waals surface area contributed by atoms with Gasteiger partial charge in [-0.25, -0.2) is 14.4 Å². The number of rotatable bonds is 5. The number of nitrogens with zero attached hydrogens (tertiary/aromatic N) is 4. The van der Waals surface area contributed by atoms with Crippen LogP contribution in [0.25, 0.3) is 22.5 Å². The van der Waals surface area contributed by atoms with Crippen LogP contribution in [0.4, 0.5) is 4.39 Å². The van der Waals surface area contributed by atoms with Crippen LogP contribution in [0.15, 0.2) is 65.5 Å². The number of imidazole rings is 1. The van der Waals surface area contributed by atoms with Crippen LogP contribution in [0.1, 0.15) is 17.7 Å². The molecule has 0 N–H and O–H groups in total. The Morgan fingerprint density at radius 2 is 1.93 bits per heavy atom. The molecule has 2 aromatic heterocycles. The summed E-state index contributed by atoms with van der Waals surface area (Å²) in [6.45, 7) is 2.66. The fourth-order valence-electron chi connectivity index (χ4n) is 3.76. The molecule has 1 aliphatic heterocycles. The Hall–Kier alpha value is -2.99. The van der Waals surface area contributed by atoms with Gasteiger partial charge in [-0.1, -0.05) is 24.3 Å². The predicted molar refractivity (Wildman–Crippen MR) is 106 cm³/mol. The van der Waals surface area contributed by atoms with Crippen LogP contribution in [-0.2, 0) is 13.1 Å². The molecule has 1 aliphatic rings. The van der Waals surface area contributed by atoms with Crippen molar-refractivity contribution >= 4 is 11.0 Å². The van der Waals surface area contributed by atoms with Crippen molar-refractivity contribution in [3.63, 3.8) is 0 Å². The van der Waals surface area contributed by atoms with Crippen LogP contribution < -0.4 is 0 Å². The van der Waals surface area contributed by atoms with Gasteiger partial charge in [0.05, 0.1) is 23.1 Å². The van der Waals surface area contributed by atoms with E-state index in [1.165, 1.54) is 5.56 Å². The minimum atomic E-state index is -0.716. The number of alkyl halides is 1. The Kier molecular flexibility index (Phi) is 4.41. The molecule has 5 rings (SSSR count). The van der Waals surface area contributed by atoms with Gasteiger partial charge < -0.3 is 8.98 Å². The Balaban J connectivity index is 1.29. The summed E-state index contributed by atoms with van der Waals surface area (Å²) in [6.07, 6.45) is 3.44. The molecular weight excluding hydrogens is 355 g/mol. The van der Waals surface area contributed by atoms with Gasteiger partial charge >= 0.3 is 0 Å². The second kappa shape index (κ2) is 7.20. The molecule has 0 aliphatic carbocycles. The number of oxazole rings is 1. The summed E-state index contributed by atoms with van der Waals surface area (Å²) in [6, 6.07) is 16.3. The largest absolute Gasteiger partial charge is 0.444 e. The van der Waals surface area contributed by atoms with E-state index in [9.17, 15) is 4.39 Å². The van der Waals surface area contributed by atoms with E-state index in [0.29, 0.717) is 25.4 Å². The Morgan fingerprint density at radius 1 is 1.07 bits per heavy atom. The molecule has 0 bridgehead atoms. The van der Waals surface area contributed by atoms with Gasteiger partial charge in [-0.05, 0) is 36.2 Å². The summed E-state index contributed by atoms with van der Waals surface area (Å²) in [4.78, 5) is 11.1. The van der Waals surface area contributed by atoms with Gasteiger partial charge in [-0.3, -0.25) is 4.90 Å².